The van der Waals surface area contributed by atoms with Gasteiger partial charge in [-0.15, -0.1) is 0 Å². The predicted octanol–water partition coefficient (Wildman–Crippen LogP) is 4.54. The lowest BCUT2D eigenvalue weighted by molar-refractivity contribution is -0.145. The summed E-state index contributed by atoms with van der Waals surface area (Å²) in [5.41, 5.74) is 4.00. The highest BCUT2D eigenvalue weighted by molar-refractivity contribution is 5.99. The molecular weight excluding hydrogens is 381 g/mol. The summed E-state index contributed by atoms with van der Waals surface area (Å²) >= 11 is 0. The minimum absolute atomic E-state index is 0.124. The third kappa shape index (κ3) is 2.79. The second-order valence-corrected chi connectivity index (χ2v) is 8.58. The van der Waals surface area contributed by atoms with E-state index in [0.717, 1.165) is 35.1 Å². The summed E-state index contributed by atoms with van der Waals surface area (Å²) in [5.74, 6) is -0.574. The van der Waals surface area contributed by atoms with Crippen LogP contribution in [-0.2, 0) is 21.5 Å². The summed E-state index contributed by atoms with van der Waals surface area (Å²) in [6.07, 6.45) is 5.34. The molecule has 0 unspecified atom stereocenters. The number of rotatable bonds is 4. The van der Waals surface area contributed by atoms with Crippen LogP contribution in [0.15, 0.2) is 42.5 Å². The van der Waals surface area contributed by atoms with Gasteiger partial charge in [-0.2, -0.15) is 0 Å². The van der Waals surface area contributed by atoms with Crippen LogP contribution in [0.3, 0.4) is 0 Å². The molecule has 0 radical (unpaired) electrons. The Labute approximate surface area is 175 Å². The fourth-order valence-electron chi connectivity index (χ4n) is 4.98. The average molecular weight is 405 g/mol. The Morgan fingerprint density at radius 2 is 2.03 bits per heavy atom. The number of benzene rings is 2. The topological polar surface area (TPSA) is 46.6 Å². The van der Waals surface area contributed by atoms with Gasteiger partial charge in [0.15, 0.2) is 0 Å². The van der Waals surface area contributed by atoms with Gasteiger partial charge in [0.1, 0.15) is 11.2 Å². The van der Waals surface area contributed by atoms with Gasteiger partial charge >= 0.3 is 5.97 Å². The van der Waals surface area contributed by atoms with Crippen molar-refractivity contribution in [3.05, 3.63) is 76.1 Å². The predicted molar refractivity (Wildman–Crippen MR) is 111 cm³/mol. The monoisotopic (exact) mass is 405 g/mol. The number of ether oxygens (including phenoxy) is 1. The zero-order chi connectivity index (χ0) is 21.0. The normalized spacial score (nSPS) is 22.8. The Kier molecular flexibility index (Phi) is 4.31. The number of hydrogen-bond acceptors (Lipinski definition) is 3. The highest BCUT2D eigenvalue weighted by Gasteiger charge is 2.45. The highest BCUT2D eigenvalue weighted by Crippen LogP contribution is 2.46. The van der Waals surface area contributed by atoms with Gasteiger partial charge in [0, 0.05) is 18.2 Å². The molecule has 2 aliphatic carbocycles. The van der Waals surface area contributed by atoms with E-state index in [2.05, 4.69) is 6.07 Å². The van der Waals surface area contributed by atoms with Crippen LogP contribution in [0.4, 0.5) is 4.39 Å². The number of hydrogen-bond donors (Lipinski definition) is 0. The first-order chi connectivity index (χ1) is 14.4. The van der Waals surface area contributed by atoms with Crippen LogP contribution >= 0.6 is 0 Å². The van der Waals surface area contributed by atoms with E-state index < -0.39 is 5.41 Å². The molecule has 1 heterocycles. The van der Waals surface area contributed by atoms with Gasteiger partial charge < -0.3 is 9.64 Å². The molecule has 154 valence electrons. The number of halogens is 1. The van der Waals surface area contributed by atoms with Crippen LogP contribution in [0.1, 0.15) is 58.3 Å². The second kappa shape index (κ2) is 6.79. The molecule has 1 aliphatic heterocycles. The summed E-state index contributed by atoms with van der Waals surface area (Å²) in [7, 11) is 1.37. The van der Waals surface area contributed by atoms with Crippen LogP contribution in [0.25, 0.3) is 5.57 Å². The van der Waals surface area contributed by atoms with E-state index in [1.165, 1.54) is 13.2 Å². The van der Waals surface area contributed by atoms with Crippen molar-refractivity contribution in [2.24, 2.45) is 0 Å². The number of carbonyl (C=O) groups is 2. The third-order valence-electron chi connectivity index (χ3n) is 6.80. The molecule has 1 fully saturated rings. The highest BCUT2D eigenvalue weighted by atomic mass is 19.1. The molecule has 2 aromatic rings. The van der Waals surface area contributed by atoms with E-state index in [1.54, 1.807) is 13.0 Å². The molecule has 30 heavy (non-hydrogen) atoms. The average Bonchev–Trinajstić information content (AvgIpc) is 3.41. The van der Waals surface area contributed by atoms with Crippen molar-refractivity contribution in [3.63, 3.8) is 0 Å². The molecular formula is C25H24FNO3. The van der Waals surface area contributed by atoms with Gasteiger partial charge in [-0.3, -0.25) is 9.59 Å². The maximum absolute atomic E-state index is 14.3. The smallest absolute Gasteiger partial charge is 0.320 e. The van der Waals surface area contributed by atoms with Crippen molar-refractivity contribution in [2.45, 2.75) is 50.6 Å². The summed E-state index contributed by atoms with van der Waals surface area (Å²) in [6, 6.07) is 11.2. The first-order valence-corrected chi connectivity index (χ1v) is 10.4. The minimum Gasteiger partial charge on any atom is -0.468 e. The minimum atomic E-state index is -0.995. The molecule has 5 rings (SSSR count). The Morgan fingerprint density at radius 1 is 1.23 bits per heavy atom. The van der Waals surface area contributed by atoms with Crippen LogP contribution in [0.5, 0.6) is 0 Å². The molecule has 5 heteroatoms. The van der Waals surface area contributed by atoms with Crippen molar-refractivity contribution in [1.29, 1.82) is 0 Å². The quantitative estimate of drug-likeness (QED) is 0.702. The molecule has 0 N–H and O–H groups in total. The standard InChI is InChI=1S/C25H24FNO3/c1-15-21(4-3-5-22(15)26)25(24(29)30-2)11-10-17(13-25)16-6-9-20-18(12-16)14-27(23(20)28)19-7-8-19/h3-6,9,12-13,19H,7-8,10-11,14H2,1-2H3/t25-/m0/s1. The molecule has 4 nitrogen and oxygen atoms in total. The lowest BCUT2D eigenvalue weighted by Crippen LogP contribution is -2.34. The van der Waals surface area contributed by atoms with Crippen molar-refractivity contribution < 1.29 is 18.7 Å². The van der Waals surface area contributed by atoms with E-state index in [9.17, 15) is 14.0 Å². The zero-order valence-electron chi connectivity index (χ0n) is 17.2. The van der Waals surface area contributed by atoms with Crippen molar-refractivity contribution in [1.82, 2.24) is 4.90 Å². The maximum atomic E-state index is 14.3. The van der Waals surface area contributed by atoms with E-state index >= 15 is 0 Å². The molecule has 1 atom stereocenters. The molecule has 1 saturated carbocycles. The molecule has 3 aliphatic rings. The Hall–Kier alpha value is -2.95. The van der Waals surface area contributed by atoms with Crippen LogP contribution in [-0.4, -0.2) is 29.9 Å². The van der Waals surface area contributed by atoms with E-state index in [0.29, 0.717) is 36.6 Å². The Bertz CT molecular complexity index is 1100. The van der Waals surface area contributed by atoms with E-state index in [4.69, 9.17) is 4.74 Å². The molecule has 0 bridgehead atoms. The fraction of sp³-hybridized carbons (Fsp3) is 0.360. The van der Waals surface area contributed by atoms with Crippen LogP contribution in [0.2, 0.25) is 0 Å². The van der Waals surface area contributed by atoms with Crippen LogP contribution in [0, 0.1) is 12.7 Å². The Balaban J connectivity index is 1.55. The van der Waals surface area contributed by atoms with Gasteiger partial charge in [0.2, 0.25) is 0 Å². The maximum Gasteiger partial charge on any atom is 0.320 e. The van der Waals surface area contributed by atoms with Gasteiger partial charge in [-0.25, -0.2) is 4.39 Å². The summed E-state index contributed by atoms with van der Waals surface area (Å²) in [6.45, 7) is 2.36. The number of allylic oxidation sites excluding steroid dienone is 1. The number of nitrogens with zero attached hydrogens (tertiary/aromatic N) is 1. The summed E-state index contributed by atoms with van der Waals surface area (Å²) in [5, 5.41) is 0. The van der Waals surface area contributed by atoms with E-state index in [1.807, 2.05) is 29.2 Å². The van der Waals surface area contributed by atoms with Gasteiger partial charge in [-0.05, 0) is 78.6 Å². The third-order valence-corrected chi connectivity index (χ3v) is 6.80. The first kappa shape index (κ1) is 19.0. The van der Waals surface area contributed by atoms with Crippen molar-refractivity contribution >= 4 is 17.4 Å². The second-order valence-electron chi connectivity index (χ2n) is 8.58. The molecule has 0 spiro atoms. The number of fused-ring (bicyclic) bond motifs is 1. The lowest BCUT2D eigenvalue weighted by Gasteiger charge is -2.26. The zero-order valence-corrected chi connectivity index (χ0v) is 17.2. The lowest BCUT2D eigenvalue weighted by atomic mass is 9.77. The largest absolute Gasteiger partial charge is 0.468 e. The summed E-state index contributed by atoms with van der Waals surface area (Å²) < 4.78 is 19.4. The van der Waals surface area contributed by atoms with Gasteiger partial charge in [0.05, 0.1) is 7.11 Å². The number of amides is 1. The van der Waals surface area contributed by atoms with Crippen molar-refractivity contribution in [2.75, 3.05) is 7.11 Å². The van der Waals surface area contributed by atoms with Crippen LogP contribution < -0.4 is 0 Å². The van der Waals surface area contributed by atoms with Gasteiger partial charge in [0.25, 0.3) is 5.91 Å². The SMILES string of the molecule is COC(=O)[C@]1(c2cccc(F)c2C)C=C(c2ccc3c(c2)CN(C2CC2)C3=O)CC1. The molecule has 1 amide bonds. The number of esters is 1. The fourth-order valence-corrected chi connectivity index (χ4v) is 4.98. The van der Waals surface area contributed by atoms with E-state index in [-0.39, 0.29) is 17.7 Å². The molecule has 0 saturated heterocycles. The van der Waals surface area contributed by atoms with Crippen molar-refractivity contribution in [3.8, 4) is 0 Å². The van der Waals surface area contributed by atoms with Gasteiger partial charge in [-0.1, -0.05) is 24.3 Å². The number of methoxy groups -OCH3 is 1. The Morgan fingerprint density at radius 3 is 2.77 bits per heavy atom. The molecule has 2 aromatic carbocycles. The number of carbonyl (C=O) groups excluding carboxylic acids is 2. The molecule has 0 aromatic heterocycles. The summed E-state index contributed by atoms with van der Waals surface area (Å²) in [4.78, 5) is 27.5. The first-order valence-electron chi connectivity index (χ1n) is 10.4.